The van der Waals surface area contributed by atoms with Gasteiger partial charge in [-0.3, -0.25) is 0 Å². The fourth-order valence-corrected chi connectivity index (χ4v) is 2.33. The SMILES string of the molecule is Cc1cc(F)ccc1N[C@H]1CCCC[C@H]1N. The largest absolute Gasteiger partial charge is 0.381 e. The molecule has 1 fully saturated rings. The van der Waals surface area contributed by atoms with E-state index in [1.165, 1.54) is 18.9 Å². The van der Waals surface area contributed by atoms with Crippen molar-refractivity contribution in [2.45, 2.75) is 44.7 Å². The van der Waals surface area contributed by atoms with Crippen molar-refractivity contribution < 1.29 is 4.39 Å². The molecule has 2 rings (SSSR count). The Bertz CT molecular complexity index is 365. The molecular formula is C13H19FN2. The summed E-state index contributed by atoms with van der Waals surface area (Å²) in [7, 11) is 0. The van der Waals surface area contributed by atoms with Crippen LogP contribution in [0.25, 0.3) is 0 Å². The summed E-state index contributed by atoms with van der Waals surface area (Å²) in [5.41, 5.74) is 8.02. The third-order valence-electron chi connectivity index (χ3n) is 3.35. The zero-order chi connectivity index (χ0) is 11.5. The molecule has 0 saturated heterocycles. The van der Waals surface area contributed by atoms with Gasteiger partial charge in [0.25, 0.3) is 0 Å². The highest BCUT2D eigenvalue weighted by Gasteiger charge is 2.21. The van der Waals surface area contributed by atoms with Crippen LogP contribution in [0.1, 0.15) is 31.2 Å². The molecule has 0 aliphatic heterocycles. The molecule has 3 heteroatoms. The van der Waals surface area contributed by atoms with E-state index >= 15 is 0 Å². The first-order valence-electron chi connectivity index (χ1n) is 5.95. The van der Waals surface area contributed by atoms with Gasteiger partial charge in [-0.25, -0.2) is 4.39 Å². The van der Waals surface area contributed by atoms with Crippen LogP contribution in [0.15, 0.2) is 18.2 Å². The molecule has 1 aromatic carbocycles. The van der Waals surface area contributed by atoms with Crippen LogP contribution < -0.4 is 11.1 Å². The second-order valence-electron chi connectivity index (χ2n) is 4.66. The minimum atomic E-state index is -0.184. The lowest BCUT2D eigenvalue weighted by molar-refractivity contribution is 0.404. The summed E-state index contributed by atoms with van der Waals surface area (Å²) >= 11 is 0. The van der Waals surface area contributed by atoms with Crippen molar-refractivity contribution in [3.8, 4) is 0 Å². The number of nitrogens with one attached hydrogen (secondary N) is 1. The number of nitrogens with two attached hydrogens (primary N) is 1. The normalized spacial score (nSPS) is 25.4. The molecule has 1 saturated carbocycles. The molecule has 0 spiro atoms. The first kappa shape index (κ1) is 11.4. The van der Waals surface area contributed by atoms with Gasteiger partial charge in [-0.05, 0) is 43.5 Å². The molecule has 1 aliphatic carbocycles. The topological polar surface area (TPSA) is 38.0 Å². The van der Waals surface area contributed by atoms with Gasteiger partial charge in [0.2, 0.25) is 0 Å². The third-order valence-corrected chi connectivity index (χ3v) is 3.35. The van der Waals surface area contributed by atoms with E-state index in [1.54, 1.807) is 12.1 Å². The van der Waals surface area contributed by atoms with E-state index < -0.39 is 0 Å². The molecule has 0 aromatic heterocycles. The van der Waals surface area contributed by atoms with E-state index in [9.17, 15) is 4.39 Å². The lowest BCUT2D eigenvalue weighted by Gasteiger charge is -2.30. The average Bonchev–Trinajstić information content (AvgIpc) is 2.25. The third kappa shape index (κ3) is 2.53. The minimum absolute atomic E-state index is 0.184. The molecule has 0 bridgehead atoms. The maximum atomic E-state index is 13.0. The number of hydrogen-bond donors (Lipinski definition) is 2. The molecular weight excluding hydrogens is 203 g/mol. The summed E-state index contributed by atoms with van der Waals surface area (Å²) in [5, 5.41) is 3.43. The summed E-state index contributed by atoms with van der Waals surface area (Å²) in [6.45, 7) is 1.92. The second-order valence-corrected chi connectivity index (χ2v) is 4.66. The summed E-state index contributed by atoms with van der Waals surface area (Å²) in [6.07, 6.45) is 4.64. The van der Waals surface area contributed by atoms with Crippen LogP contribution >= 0.6 is 0 Å². The average molecular weight is 222 g/mol. The highest BCUT2D eigenvalue weighted by atomic mass is 19.1. The Labute approximate surface area is 96.0 Å². The highest BCUT2D eigenvalue weighted by Crippen LogP contribution is 2.23. The van der Waals surface area contributed by atoms with E-state index in [2.05, 4.69) is 5.32 Å². The number of benzene rings is 1. The van der Waals surface area contributed by atoms with Crippen LogP contribution in [0, 0.1) is 12.7 Å². The van der Waals surface area contributed by atoms with E-state index in [0.29, 0.717) is 6.04 Å². The first-order chi connectivity index (χ1) is 7.66. The number of halogens is 1. The number of aryl methyl sites for hydroxylation is 1. The Hall–Kier alpha value is -1.09. The highest BCUT2D eigenvalue weighted by molar-refractivity contribution is 5.51. The zero-order valence-electron chi connectivity index (χ0n) is 9.67. The molecule has 1 aromatic rings. The molecule has 0 unspecified atom stereocenters. The monoisotopic (exact) mass is 222 g/mol. The zero-order valence-corrected chi connectivity index (χ0v) is 9.67. The fraction of sp³-hybridized carbons (Fsp3) is 0.538. The summed E-state index contributed by atoms with van der Waals surface area (Å²) in [4.78, 5) is 0. The van der Waals surface area contributed by atoms with Crippen molar-refractivity contribution in [2.75, 3.05) is 5.32 Å². The van der Waals surface area contributed by atoms with Gasteiger partial charge in [0.15, 0.2) is 0 Å². The van der Waals surface area contributed by atoms with Crippen molar-refractivity contribution in [1.82, 2.24) is 0 Å². The molecule has 2 nitrogen and oxygen atoms in total. The number of anilines is 1. The van der Waals surface area contributed by atoms with Crippen molar-refractivity contribution in [3.63, 3.8) is 0 Å². The Kier molecular flexibility index (Phi) is 3.44. The molecule has 16 heavy (non-hydrogen) atoms. The van der Waals surface area contributed by atoms with Crippen LogP contribution in [0.2, 0.25) is 0 Å². The van der Waals surface area contributed by atoms with Gasteiger partial charge in [-0.1, -0.05) is 12.8 Å². The van der Waals surface area contributed by atoms with Crippen molar-refractivity contribution in [1.29, 1.82) is 0 Å². The van der Waals surface area contributed by atoms with Crippen LogP contribution in [0.4, 0.5) is 10.1 Å². The van der Waals surface area contributed by atoms with Gasteiger partial charge in [-0.2, -0.15) is 0 Å². The molecule has 0 amide bonds. The summed E-state index contributed by atoms with van der Waals surface area (Å²) in [6, 6.07) is 5.39. The first-order valence-corrected chi connectivity index (χ1v) is 5.95. The lowest BCUT2D eigenvalue weighted by Crippen LogP contribution is -2.42. The molecule has 0 heterocycles. The summed E-state index contributed by atoms with van der Waals surface area (Å²) < 4.78 is 13.0. The maximum Gasteiger partial charge on any atom is 0.123 e. The Morgan fingerprint density at radius 1 is 1.31 bits per heavy atom. The predicted molar refractivity (Wildman–Crippen MR) is 65.0 cm³/mol. The van der Waals surface area contributed by atoms with E-state index in [0.717, 1.165) is 24.1 Å². The van der Waals surface area contributed by atoms with Gasteiger partial charge in [0.05, 0.1) is 0 Å². The van der Waals surface area contributed by atoms with Crippen LogP contribution in [-0.4, -0.2) is 12.1 Å². The van der Waals surface area contributed by atoms with Crippen molar-refractivity contribution >= 4 is 5.69 Å². The number of hydrogen-bond acceptors (Lipinski definition) is 2. The maximum absolute atomic E-state index is 13.0. The van der Waals surface area contributed by atoms with Crippen molar-refractivity contribution in [2.24, 2.45) is 5.73 Å². The lowest BCUT2D eigenvalue weighted by atomic mass is 9.90. The quantitative estimate of drug-likeness (QED) is 0.807. The second kappa shape index (κ2) is 4.83. The fourth-order valence-electron chi connectivity index (χ4n) is 2.33. The van der Waals surface area contributed by atoms with Gasteiger partial charge in [0.1, 0.15) is 5.82 Å². The molecule has 88 valence electrons. The molecule has 0 radical (unpaired) electrons. The van der Waals surface area contributed by atoms with E-state index in [4.69, 9.17) is 5.73 Å². The molecule has 3 N–H and O–H groups in total. The minimum Gasteiger partial charge on any atom is -0.381 e. The van der Waals surface area contributed by atoms with E-state index in [-0.39, 0.29) is 11.9 Å². The summed E-state index contributed by atoms with van der Waals surface area (Å²) in [5.74, 6) is -0.184. The Balaban J connectivity index is 2.07. The Morgan fingerprint density at radius 2 is 2.06 bits per heavy atom. The van der Waals surface area contributed by atoms with Crippen LogP contribution in [0.3, 0.4) is 0 Å². The van der Waals surface area contributed by atoms with Gasteiger partial charge >= 0.3 is 0 Å². The van der Waals surface area contributed by atoms with Gasteiger partial charge in [-0.15, -0.1) is 0 Å². The van der Waals surface area contributed by atoms with Gasteiger partial charge < -0.3 is 11.1 Å². The van der Waals surface area contributed by atoms with Crippen molar-refractivity contribution in [3.05, 3.63) is 29.6 Å². The predicted octanol–water partition coefficient (Wildman–Crippen LogP) is 2.82. The number of rotatable bonds is 2. The van der Waals surface area contributed by atoms with E-state index in [1.807, 2.05) is 6.92 Å². The molecule has 1 aliphatic rings. The Morgan fingerprint density at radius 3 is 2.75 bits per heavy atom. The molecule has 2 atom stereocenters. The van der Waals surface area contributed by atoms with Crippen LogP contribution in [-0.2, 0) is 0 Å². The van der Waals surface area contributed by atoms with Crippen LogP contribution in [0.5, 0.6) is 0 Å². The van der Waals surface area contributed by atoms with Gasteiger partial charge in [0, 0.05) is 17.8 Å². The smallest absolute Gasteiger partial charge is 0.123 e. The standard InChI is InChI=1S/C13H19FN2/c1-9-8-10(14)6-7-12(9)16-13-5-3-2-4-11(13)15/h6-8,11,13,16H,2-5,15H2,1H3/t11-,13+/m1/s1.